The van der Waals surface area contributed by atoms with Gasteiger partial charge < -0.3 is 10.0 Å². The van der Waals surface area contributed by atoms with Gasteiger partial charge in [0.2, 0.25) is 0 Å². The molecule has 1 amide bonds. The van der Waals surface area contributed by atoms with Crippen LogP contribution in [0.5, 0.6) is 0 Å². The van der Waals surface area contributed by atoms with Gasteiger partial charge in [-0.15, -0.1) is 0 Å². The quantitative estimate of drug-likeness (QED) is 0.803. The number of benzene rings is 1. The Morgan fingerprint density at radius 1 is 1.61 bits per heavy atom. The summed E-state index contributed by atoms with van der Waals surface area (Å²) in [6.45, 7) is 2.79. The molecule has 0 aromatic heterocycles. The molecule has 0 spiro atoms. The molecule has 0 radical (unpaired) electrons. The molecule has 0 saturated carbocycles. The van der Waals surface area contributed by atoms with Crippen molar-refractivity contribution >= 4 is 40.1 Å². The molecule has 2 unspecified atom stereocenters. The monoisotopic (exact) mass is 379 g/mol. The van der Waals surface area contributed by atoms with Crippen molar-refractivity contribution in [2.24, 2.45) is 5.92 Å². The van der Waals surface area contributed by atoms with E-state index in [9.17, 15) is 9.90 Å². The third-order valence-corrected chi connectivity index (χ3v) is 4.67. The Kier molecular flexibility index (Phi) is 4.50. The van der Waals surface area contributed by atoms with Gasteiger partial charge in [-0.05, 0) is 53.1 Å². The molecular weight excluding hydrogens is 365 g/mol. The predicted molar refractivity (Wildman–Crippen MR) is 79.9 cm³/mol. The number of halogens is 2. The van der Waals surface area contributed by atoms with E-state index in [0.29, 0.717) is 23.0 Å². The van der Waals surface area contributed by atoms with E-state index in [4.69, 9.17) is 11.6 Å². The van der Waals surface area contributed by atoms with Crippen molar-refractivity contribution in [1.82, 2.24) is 4.90 Å². The number of rotatable bonds is 2. The summed E-state index contributed by atoms with van der Waals surface area (Å²) in [5, 5.41) is 9.97. The van der Waals surface area contributed by atoms with E-state index in [0.717, 1.165) is 9.99 Å². The van der Waals surface area contributed by atoms with Crippen LogP contribution in [0.25, 0.3) is 0 Å². The highest BCUT2D eigenvalue weighted by molar-refractivity contribution is 14.1. The minimum Gasteiger partial charge on any atom is -0.394 e. The third kappa shape index (κ3) is 2.65. The largest absolute Gasteiger partial charge is 0.394 e. The molecule has 1 aromatic rings. The summed E-state index contributed by atoms with van der Waals surface area (Å²) in [6, 6.07) is 5.23. The summed E-state index contributed by atoms with van der Waals surface area (Å²) in [4.78, 5) is 14.2. The van der Waals surface area contributed by atoms with Gasteiger partial charge >= 0.3 is 0 Å². The normalized spacial score (nSPS) is 23.4. The minimum absolute atomic E-state index is 0.0179. The second kappa shape index (κ2) is 5.75. The van der Waals surface area contributed by atoms with E-state index < -0.39 is 0 Å². The van der Waals surface area contributed by atoms with Crippen LogP contribution < -0.4 is 0 Å². The van der Waals surface area contributed by atoms with Crippen LogP contribution in [-0.2, 0) is 0 Å². The Bertz CT molecular complexity index is 466. The average Bonchev–Trinajstić information content (AvgIpc) is 2.72. The standard InChI is InChI=1S/C13H15ClINO2/c1-8-4-5-16(12(8)7-17)13(18)10-6-9(14)2-3-11(10)15/h2-3,6,8,12,17H,4-5,7H2,1H3. The lowest BCUT2D eigenvalue weighted by atomic mass is 10.0. The van der Waals surface area contributed by atoms with Gasteiger partial charge in [0.05, 0.1) is 18.2 Å². The number of nitrogens with zero attached hydrogens (tertiary/aromatic N) is 1. The molecule has 1 aromatic carbocycles. The van der Waals surface area contributed by atoms with Crippen LogP contribution in [0.15, 0.2) is 18.2 Å². The Morgan fingerprint density at radius 2 is 2.33 bits per heavy atom. The minimum atomic E-state index is -0.0766. The number of carbonyl (C=O) groups excluding carboxylic acids is 1. The van der Waals surface area contributed by atoms with Crippen LogP contribution in [0.4, 0.5) is 0 Å². The van der Waals surface area contributed by atoms with Gasteiger partial charge in [-0.2, -0.15) is 0 Å². The summed E-state index contributed by atoms with van der Waals surface area (Å²) in [7, 11) is 0. The van der Waals surface area contributed by atoms with E-state index in [1.807, 2.05) is 6.07 Å². The fourth-order valence-corrected chi connectivity index (χ4v) is 3.09. The van der Waals surface area contributed by atoms with Crippen molar-refractivity contribution in [3.63, 3.8) is 0 Å². The summed E-state index contributed by atoms with van der Waals surface area (Å²) in [6.07, 6.45) is 0.939. The first-order valence-corrected chi connectivity index (χ1v) is 7.37. The van der Waals surface area contributed by atoms with Crippen molar-refractivity contribution in [3.8, 4) is 0 Å². The van der Waals surface area contributed by atoms with E-state index >= 15 is 0 Å². The van der Waals surface area contributed by atoms with Gasteiger partial charge in [0, 0.05) is 15.1 Å². The second-order valence-electron chi connectivity index (χ2n) is 4.64. The van der Waals surface area contributed by atoms with E-state index in [-0.39, 0.29) is 18.6 Å². The van der Waals surface area contributed by atoms with Crippen molar-refractivity contribution in [3.05, 3.63) is 32.4 Å². The van der Waals surface area contributed by atoms with Crippen molar-refractivity contribution in [1.29, 1.82) is 0 Å². The van der Waals surface area contributed by atoms with Crippen molar-refractivity contribution in [2.75, 3.05) is 13.2 Å². The number of amides is 1. The maximum absolute atomic E-state index is 12.5. The lowest BCUT2D eigenvalue weighted by molar-refractivity contribution is 0.0647. The number of hydrogen-bond acceptors (Lipinski definition) is 2. The summed E-state index contributed by atoms with van der Waals surface area (Å²) in [5.41, 5.74) is 0.621. The smallest absolute Gasteiger partial charge is 0.255 e. The van der Waals surface area contributed by atoms with Crippen LogP contribution in [0.1, 0.15) is 23.7 Å². The molecule has 1 saturated heterocycles. The molecule has 98 valence electrons. The van der Waals surface area contributed by atoms with Crippen LogP contribution >= 0.6 is 34.2 Å². The van der Waals surface area contributed by atoms with Gasteiger partial charge in [-0.25, -0.2) is 0 Å². The summed E-state index contributed by atoms with van der Waals surface area (Å²) in [5.74, 6) is 0.307. The molecule has 1 aliphatic rings. The highest BCUT2D eigenvalue weighted by Crippen LogP contribution is 2.27. The zero-order chi connectivity index (χ0) is 13.3. The number of aliphatic hydroxyl groups is 1. The van der Waals surface area contributed by atoms with Crippen LogP contribution in [0.3, 0.4) is 0 Å². The Hall–Kier alpha value is -0.330. The zero-order valence-corrected chi connectivity index (χ0v) is 13.0. The van der Waals surface area contributed by atoms with Gasteiger partial charge in [-0.3, -0.25) is 4.79 Å². The topological polar surface area (TPSA) is 40.5 Å². The Morgan fingerprint density at radius 3 is 3.00 bits per heavy atom. The molecule has 1 heterocycles. The fourth-order valence-electron chi connectivity index (χ4n) is 2.35. The molecule has 1 N–H and O–H groups in total. The maximum Gasteiger partial charge on any atom is 0.255 e. The Labute approximate surface area is 125 Å². The number of hydrogen-bond donors (Lipinski definition) is 1. The molecular formula is C13H15ClINO2. The number of likely N-dealkylation sites (tertiary alicyclic amines) is 1. The summed E-state index contributed by atoms with van der Waals surface area (Å²) >= 11 is 8.08. The van der Waals surface area contributed by atoms with Crippen LogP contribution in [-0.4, -0.2) is 35.1 Å². The first-order valence-electron chi connectivity index (χ1n) is 5.91. The first kappa shape index (κ1) is 14.1. The van der Waals surface area contributed by atoms with E-state index in [2.05, 4.69) is 29.5 Å². The van der Waals surface area contributed by atoms with Crippen LogP contribution in [0.2, 0.25) is 5.02 Å². The van der Waals surface area contributed by atoms with Gasteiger partial charge in [0.1, 0.15) is 0 Å². The average molecular weight is 380 g/mol. The highest BCUT2D eigenvalue weighted by Gasteiger charge is 2.34. The lowest BCUT2D eigenvalue weighted by Crippen LogP contribution is -2.40. The fraction of sp³-hybridized carbons (Fsp3) is 0.462. The molecule has 1 fully saturated rings. The molecule has 5 heteroatoms. The molecule has 2 atom stereocenters. The van der Waals surface area contributed by atoms with E-state index in [1.54, 1.807) is 17.0 Å². The molecule has 2 rings (SSSR count). The molecule has 3 nitrogen and oxygen atoms in total. The summed E-state index contributed by atoms with van der Waals surface area (Å²) < 4.78 is 0.887. The second-order valence-corrected chi connectivity index (χ2v) is 6.24. The highest BCUT2D eigenvalue weighted by atomic mass is 127. The first-order chi connectivity index (χ1) is 8.54. The predicted octanol–water partition coefficient (Wildman–Crippen LogP) is 2.79. The van der Waals surface area contributed by atoms with Gasteiger partial charge in [-0.1, -0.05) is 18.5 Å². The van der Waals surface area contributed by atoms with Gasteiger partial charge in [0.25, 0.3) is 5.91 Å². The molecule has 0 bridgehead atoms. The molecule has 1 aliphatic heterocycles. The van der Waals surface area contributed by atoms with Gasteiger partial charge in [0.15, 0.2) is 0 Å². The molecule has 18 heavy (non-hydrogen) atoms. The third-order valence-electron chi connectivity index (χ3n) is 3.49. The number of aliphatic hydroxyl groups excluding tert-OH is 1. The maximum atomic E-state index is 12.5. The van der Waals surface area contributed by atoms with Crippen molar-refractivity contribution < 1.29 is 9.90 Å². The van der Waals surface area contributed by atoms with Crippen LogP contribution in [0, 0.1) is 9.49 Å². The SMILES string of the molecule is CC1CCN(C(=O)c2cc(Cl)ccc2I)C1CO. The lowest BCUT2D eigenvalue weighted by Gasteiger charge is -2.25. The molecule has 0 aliphatic carbocycles. The van der Waals surface area contributed by atoms with Crippen molar-refractivity contribution in [2.45, 2.75) is 19.4 Å². The number of carbonyl (C=O) groups is 1. The van der Waals surface area contributed by atoms with E-state index in [1.165, 1.54) is 0 Å². The zero-order valence-electron chi connectivity index (χ0n) is 10.1. The Balaban J connectivity index is 2.28.